The van der Waals surface area contributed by atoms with Crippen LogP contribution in [-0.4, -0.2) is 31.6 Å². The molecule has 0 aliphatic rings. The van der Waals surface area contributed by atoms with Crippen molar-refractivity contribution in [1.82, 2.24) is 0 Å². The summed E-state index contributed by atoms with van der Waals surface area (Å²) in [6, 6.07) is 13.5. The lowest BCUT2D eigenvalue weighted by atomic mass is 10.1. The summed E-state index contributed by atoms with van der Waals surface area (Å²) in [5.41, 5.74) is 0.815. The molecule has 5 nitrogen and oxygen atoms in total. The Morgan fingerprint density at radius 3 is 2.17 bits per heavy atom. The number of benzene rings is 2. The molecule has 0 atom stereocenters. The maximum absolute atomic E-state index is 12.1. The van der Waals surface area contributed by atoms with Gasteiger partial charge in [-0.2, -0.15) is 0 Å². The van der Waals surface area contributed by atoms with Crippen LogP contribution in [0.4, 0.5) is 0 Å². The molecule has 0 saturated carbocycles. The lowest BCUT2D eigenvalue weighted by molar-refractivity contribution is 0.0474. The summed E-state index contributed by atoms with van der Waals surface area (Å²) in [6.07, 6.45) is 0. The zero-order chi connectivity index (χ0) is 17.4. The summed E-state index contributed by atoms with van der Waals surface area (Å²) >= 11 is 0. The molecule has 0 aliphatic carbocycles. The number of esters is 1. The van der Waals surface area contributed by atoms with Crippen molar-refractivity contribution in [1.29, 1.82) is 0 Å². The minimum absolute atomic E-state index is 0.250. The quantitative estimate of drug-likeness (QED) is 0.548. The molecule has 2 aromatic rings. The standard InChI is InChI=1S/C19H20O5/c1-3-22-17-11-10-15(12-18(17)23-4-2)19(21)24-13-16(20)14-8-6-5-7-9-14/h5-12H,3-4,13H2,1-2H3. The topological polar surface area (TPSA) is 61.8 Å². The molecule has 0 fully saturated rings. The van der Waals surface area contributed by atoms with E-state index in [1.807, 2.05) is 19.9 Å². The third-order valence-corrected chi connectivity index (χ3v) is 3.21. The van der Waals surface area contributed by atoms with Gasteiger partial charge in [0.05, 0.1) is 18.8 Å². The fourth-order valence-corrected chi connectivity index (χ4v) is 2.10. The van der Waals surface area contributed by atoms with Crippen LogP contribution in [0.25, 0.3) is 0 Å². The fraction of sp³-hybridized carbons (Fsp3) is 0.263. The monoisotopic (exact) mass is 328 g/mol. The molecule has 0 amide bonds. The van der Waals surface area contributed by atoms with Gasteiger partial charge in [0, 0.05) is 5.56 Å². The minimum Gasteiger partial charge on any atom is -0.490 e. The van der Waals surface area contributed by atoms with Crippen molar-refractivity contribution in [3.05, 3.63) is 59.7 Å². The van der Waals surface area contributed by atoms with E-state index in [0.29, 0.717) is 35.8 Å². The van der Waals surface area contributed by atoms with Gasteiger partial charge in [0.2, 0.25) is 0 Å². The molecule has 24 heavy (non-hydrogen) atoms. The second-order valence-corrected chi connectivity index (χ2v) is 4.89. The Labute approximate surface area is 141 Å². The highest BCUT2D eigenvalue weighted by Gasteiger charge is 2.14. The molecule has 0 aliphatic heterocycles. The largest absolute Gasteiger partial charge is 0.490 e. The Morgan fingerprint density at radius 1 is 0.833 bits per heavy atom. The number of hydrogen-bond acceptors (Lipinski definition) is 5. The summed E-state index contributed by atoms with van der Waals surface area (Å²) in [5, 5.41) is 0. The number of hydrogen-bond donors (Lipinski definition) is 0. The maximum Gasteiger partial charge on any atom is 0.338 e. The molecule has 0 radical (unpaired) electrons. The van der Waals surface area contributed by atoms with Gasteiger partial charge in [-0.1, -0.05) is 30.3 Å². The van der Waals surface area contributed by atoms with Gasteiger partial charge in [-0.15, -0.1) is 0 Å². The smallest absolute Gasteiger partial charge is 0.338 e. The molecule has 126 valence electrons. The number of ketones is 1. The Morgan fingerprint density at radius 2 is 1.50 bits per heavy atom. The van der Waals surface area contributed by atoms with Crippen LogP contribution in [-0.2, 0) is 4.74 Å². The number of ether oxygens (including phenoxy) is 3. The average molecular weight is 328 g/mol. The van der Waals surface area contributed by atoms with Crippen molar-refractivity contribution in [2.75, 3.05) is 19.8 Å². The van der Waals surface area contributed by atoms with Crippen LogP contribution in [0, 0.1) is 0 Å². The van der Waals surface area contributed by atoms with E-state index < -0.39 is 5.97 Å². The second kappa shape index (κ2) is 8.72. The summed E-state index contributed by atoms with van der Waals surface area (Å²) in [6.45, 7) is 4.35. The second-order valence-electron chi connectivity index (χ2n) is 4.89. The average Bonchev–Trinajstić information content (AvgIpc) is 2.62. The molecule has 2 aromatic carbocycles. The zero-order valence-corrected chi connectivity index (χ0v) is 13.8. The van der Waals surface area contributed by atoms with Gasteiger partial charge in [0.1, 0.15) is 0 Å². The minimum atomic E-state index is -0.580. The van der Waals surface area contributed by atoms with Crippen molar-refractivity contribution in [3.63, 3.8) is 0 Å². The molecular formula is C19H20O5. The molecule has 0 heterocycles. The van der Waals surface area contributed by atoms with E-state index in [4.69, 9.17) is 14.2 Å². The van der Waals surface area contributed by atoms with E-state index in [0.717, 1.165) is 0 Å². The van der Waals surface area contributed by atoms with Crippen LogP contribution in [0.3, 0.4) is 0 Å². The predicted octanol–water partition coefficient (Wildman–Crippen LogP) is 3.52. The van der Waals surface area contributed by atoms with E-state index in [2.05, 4.69) is 0 Å². The van der Waals surface area contributed by atoms with Gasteiger partial charge < -0.3 is 14.2 Å². The molecule has 5 heteroatoms. The highest BCUT2D eigenvalue weighted by atomic mass is 16.5. The summed E-state index contributed by atoms with van der Waals surface area (Å²) in [4.78, 5) is 24.1. The van der Waals surface area contributed by atoms with Crippen molar-refractivity contribution in [2.45, 2.75) is 13.8 Å². The van der Waals surface area contributed by atoms with Gasteiger partial charge >= 0.3 is 5.97 Å². The molecule has 0 saturated heterocycles. The first-order valence-electron chi connectivity index (χ1n) is 7.80. The van der Waals surface area contributed by atoms with Gasteiger partial charge in [0.25, 0.3) is 0 Å². The third-order valence-electron chi connectivity index (χ3n) is 3.21. The Bertz CT molecular complexity index is 694. The SMILES string of the molecule is CCOc1ccc(C(=O)OCC(=O)c2ccccc2)cc1OCC. The van der Waals surface area contributed by atoms with Crippen LogP contribution < -0.4 is 9.47 Å². The lowest BCUT2D eigenvalue weighted by Crippen LogP contribution is -2.14. The number of carbonyl (C=O) groups excluding carboxylic acids is 2. The molecule has 2 rings (SSSR count). The first-order valence-corrected chi connectivity index (χ1v) is 7.80. The third kappa shape index (κ3) is 4.59. The Balaban J connectivity index is 2.04. The van der Waals surface area contributed by atoms with E-state index >= 15 is 0 Å². The number of rotatable bonds is 8. The van der Waals surface area contributed by atoms with Crippen molar-refractivity contribution >= 4 is 11.8 Å². The van der Waals surface area contributed by atoms with Crippen LogP contribution >= 0.6 is 0 Å². The molecule has 0 bridgehead atoms. The Hall–Kier alpha value is -2.82. The summed E-state index contributed by atoms with van der Waals surface area (Å²) in [7, 11) is 0. The highest BCUT2D eigenvalue weighted by molar-refractivity contribution is 5.99. The maximum atomic E-state index is 12.1. The first kappa shape index (κ1) is 17.5. The van der Waals surface area contributed by atoms with Crippen LogP contribution in [0.5, 0.6) is 11.5 Å². The molecule has 0 aromatic heterocycles. The first-order chi connectivity index (χ1) is 11.7. The van der Waals surface area contributed by atoms with Crippen LogP contribution in [0.15, 0.2) is 48.5 Å². The Kier molecular flexibility index (Phi) is 6.37. The lowest BCUT2D eigenvalue weighted by Gasteiger charge is -2.12. The van der Waals surface area contributed by atoms with Gasteiger partial charge in [0.15, 0.2) is 23.9 Å². The van der Waals surface area contributed by atoms with Gasteiger partial charge in [-0.3, -0.25) is 4.79 Å². The van der Waals surface area contributed by atoms with Crippen LogP contribution in [0.2, 0.25) is 0 Å². The predicted molar refractivity (Wildman–Crippen MR) is 89.8 cm³/mol. The van der Waals surface area contributed by atoms with E-state index in [-0.39, 0.29) is 12.4 Å². The van der Waals surface area contributed by atoms with Crippen LogP contribution in [0.1, 0.15) is 34.6 Å². The normalized spacial score (nSPS) is 10.1. The van der Waals surface area contributed by atoms with Crippen molar-refractivity contribution < 1.29 is 23.8 Å². The van der Waals surface area contributed by atoms with Crippen molar-refractivity contribution in [3.8, 4) is 11.5 Å². The molecule has 0 spiro atoms. The van der Waals surface area contributed by atoms with Gasteiger partial charge in [-0.25, -0.2) is 4.79 Å². The van der Waals surface area contributed by atoms with Crippen molar-refractivity contribution in [2.24, 2.45) is 0 Å². The zero-order valence-electron chi connectivity index (χ0n) is 13.8. The highest BCUT2D eigenvalue weighted by Crippen LogP contribution is 2.28. The summed E-state index contributed by atoms with van der Waals surface area (Å²) < 4.78 is 16.0. The molecule has 0 unspecified atom stereocenters. The van der Waals surface area contributed by atoms with E-state index in [1.54, 1.807) is 42.5 Å². The summed E-state index contributed by atoms with van der Waals surface area (Å²) in [5.74, 6) is 0.211. The number of Topliss-reactive ketones (excluding diaryl/α,β-unsaturated/α-hetero) is 1. The molecule has 0 N–H and O–H groups in total. The molecular weight excluding hydrogens is 308 g/mol. The number of carbonyl (C=O) groups is 2. The van der Waals surface area contributed by atoms with Gasteiger partial charge in [-0.05, 0) is 32.0 Å². The van der Waals surface area contributed by atoms with E-state index in [1.165, 1.54) is 0 Å². The fourth-order valence-electron chi connectivity index (χ4n) is 2.10. The van der Waals surface area contributed by atoms with E-state index in [9.17, 15) is 9.59 Å².